The van der Waals surface area contributed by atoms with E-state index in [0.29, 0.717) is 10.6 Å². The van der Waals surface area contributed by atoms with Gasteiger partial charge in [-0.3, -0.25) is 14.4 Å². The highest BCUT2D eigenvalue weighted by molar-refractivity contribution is 6.33. The van der Waals surface area contributed by atoms with E-state index in [4.69, 9.17) is 16.4 Å². The minimum Gasteiger partial charge on any atom is -0.343 e. The standard InChI is InChI=1S/C13H17ClN2O3/c1-13(2,3)19-16-11(17)8-15-12(18)9-6-4-5-7-10(9)14/h4-7H,8H2,1-3H3,(H,15,18)(H,16,17). The van der Waals surface area contributed by atoms with Crippen molar-refractivity contribution in [2.24, 2.45) is 0 Å². The molecule has 5 nitrogen and oxygen atoms in total. The number of carbonyl (C=O) groups is 2. The third-order valence-corrected chi connectivity index (χ3v) is 2.33. The molecule has 1 rings (SSSR count). The lowest BCUT2D eigenvalue weighted by atomic mass is 10.2. The summed E-state index contributed by atoms with van der Waals surface area (Å²) in [7, 11) is 0. The molecule has 1 aromatic carbocycles. The monoisotopic (exact) mass is 284 g/mol. The smallest absolute Gasteiger partial charge is 0.262 e. The van der Waals surface area contributed by atoms with Gasteiger partial charge >= 0.3 is 0 Å². The molecule has 0 saturated heterocycles. The molecule has 0 fully saturated rings. The van der Waals surface area contributed by atoms with Crippen LogP contribution in [0.15, 0.2) is 24.3 Å². The van der Waals surface area contributed by atoms with Crippen LogP contribution in [-0.4, -0.2) is 24.0 Å². The molecule has 104 valence electrons. The molecule has 1 aromatic rings. The summed E-state index contributed by atoms with van der Waals surface area (Å²) in [5.41, 5.74) is 2.10. The normalized spacial score (nSPS) is 10.9. The van der Waals surface area contributed by atoms with Crippen LogP contribution in [0, 0.1) is 0 Å². The highest BCUT2D eigenvalue weighted by atomic mass is 35.5. The van der Waals surface area contributed by atoms with Gasteiger partial charge in [0.05, 0.1) is 22.7 Å². The van der Waals surface area contributed by atoms with Gasteiger partial charge in [0.1, 0.15) is 0 Å². The van der Waals surface area contributed by atoms with E-state index in [1.165, 1.54) is 0 Å². The molecule has 0 aliphatic heterocycles. The Bertz CT molecular complexity index is 469. The fraction of sp³-hybridized carbons (Fsp3) is 0.385. The molecule has 0 aromatic heterocycles. The molecular formula is C13H17ClN2O3. The number of hydroxylamine groups is 1. The Kier molecular flexibility index (Phi) is 5.32. The lowest BCUT2D eigenvalue weighted by molar-refractivity contribution is -0.144. The van der Waals surface area contributed by atoms with Crippen LogP contribution in [-0.2, 0) is 9.63 Å². The van der Waals surface area contributed by atoms with Gasteiger partial charge in [-0.1, -0.05) is 23.7 Å². The van der Waals surface area contributed by atoms with E-state index in [9.17, 15) is 9.59 Å². The van der Waals surface area contributed by atoms with Crippen LogP contribution in [0.5, 0.6) is 0 Å². The second kappa shape index (κ2) is 6.54. The average molecular weight is 285 g/mol. The zero-order valence-corrected chi connectivity index (χ0v) is 11.9. The van der Waals surface area contributed by atoms with Crippen LogP contribution in [0.4, 0.5) is 0 Å². The van der Waals surface area contributed by atoms with Gasteiger partial charge in [-0.2, -0.15) is 0 Å². The van der Waals surface area contributed by atoms with Crippen molar-refractivity contribution in [3.05, 3.63) is 34.9 Å². The highest BCUT2D eigenvalue weighted by Crippen LogP contribution is 2.14. The first-order valence-corrected chi connectivity index (χ1v) is 6.17. The number of hydrogen-bond acceptors (Lipinski definition) is 3. The van der Waals surface area contributed by atoms with Gasteiger partial charge in [-0.05, 0) is 32.9 Å². The van der Waals surface area contributed by atoms with Gasteiger partial charge in [0, 0.05) is 0 Å². The predicted molar refractivity (Wildman–Crippen MR) is 72.8 cm³/mol. The van der Waals surface area contributed by atoms with E-state index in [-0.39, 0.29) is 6.54 Å². The summed E-state index contributed by atoms with van der Waals surface area (Å²) in [6.07, 6.45) is 0. The van der Waals surface area contributed by atoms with E-state index < -0.39 is 17.4 Å². The molecule has 0 saturated carbocycles. The SMILES string of the molecule is CC(C)(C)ONC(=O)CNC(=O)c1ccccc1Cl. The molecular weight excluding hydrogens is 268 g/mol. The zero-order chi connectivity index (χ0) is 14.5. The van der Waals surface area contributed by atoms with Gasteiger partial charge < -0.3 is 5.32 Å². The van der Waals surface area contributed by atoms with Crippen LogP contribution >= 0.6 is 11.6 Å². The first kappa shape index (κ1) is 15.5. The number of carbonyl (C=O) groups excluding carboxylic acids is 2. The number of hydrogen-bond donors (Lipinski definition) is 2. The quantitative estimate of drug-likeness (QED) is 0.830. The molecule has 2 N–H and O–H groups in total. The molecule has 0 radical (unpaired) electrons. The molecule has 0 aliphatic carbocycles. The lowest BCUT2D eigenvalue weighted by Gasteiger charge is -2.18. The van der Waals surface area contributed by atoms with Crippen molar-refractivity contribution in [1.82, 2.24) is 10.8 Å². The Balaban J connectivity index is 2.43. The maximum atomic E-state index is 11.8. The third kappa shape index (κ3) is 5.72. The fourth-order valence-electron chi connectivity index (χ4n) is 1.15. The number of halogens is 1. The number of benzene rings is 1. The van der Waals surface area contributed by atoms with E-state index in [1.807, 2.05) is 0 Å². The Hall–Kier alpha value is -1.59. The molecule has 0 heterocycles. The molecule has 0 unspecified atom stereocenters. The number of nitrogens with one attached hydrogen (secondary N) is 2. The molecule has 0 spiro atoms. The van der Waals surface area contributed by atoms with E-state index in [1.54, 1.807) is 45.0 Å². The minimum atomic E-state index is -0.484. The largest absolute Gasteiger partial charge is 0.343 e. The van der Waals surface area contributed by atoms with E-state index in [0.717, 1.165) is 0 Å². The Morgan fingerprint density at radius 1 is 1.26 bits per heavy atom. The fourth-order valence-corrected chi connectivity index (χ4v) is 1.37. The minimum absolute atomic E-state index is 0.180. The Labute approximate surface area is 117 Å². The number of amides is 2. The van der Waals surface area contributed by atoms with Crippen molar-refractivity contribution in [3.8, 4) is 0 Å². The maximum absolute atomic E-state index is 11.8. The number of rotatable bonds is 4. The van der Waals surface area contributed by atoms with Crippen molar-refractivity contribution < 1.29 is 14.4 Å². The molecule has 19 heavy (non-hydrogen) atoms. The molecule has 6 heteroatoms. The van der Waals surface area contributed by atoms with Crippen molar-refractivity contribution in [3.63, 3.8) is 0 Å². The van der Waals surface area contributed by atoms with Crippen LogP contribution in [0.2, 0.25) is 5.02 Å². The second-order valence-corrected chi connectivity index (χ2v) is 5.31. The second-order valence-electron chi connectivity index (χ2n) is 4.90. The van der Waals surface area contributed by atoms with E-state index in [2.05, 4.69) is 10.8 Å². The molecule has 0 bridgehead atoms. The highest BCUT2D eigenvalue weighted by Gasteiger charge is 2.14. The summed E-state index contributed by atoms with van der Waals surface area (Å²) >= 11 is 5.87. The summed E-state index contributed by atoms with van der Waals surface area (Å²) in [4.78, 5) is 28.3. The van der Waals surface area contributed by atoms with Crippen molar-refractivity contribution in [2.45, 2.75) is 26.4 Å². The van der Waals surface area contributed by atoms with Gasteiger partial charge in [0.25, 0.3) is 11.8 Å². The van der Waals surface area contributed by atoms with Crippen molar-refractivity contribution in [1.29, 1.82) is 0 Å². The van der Waals surface area contributed by atoms with Crippen molar-refractivity contribution >= 4 is 23.4 Å². The summed E-state index contributed by atoms with van der Waals surface area (Å²) < 4.78 is 0. The van der Waals surface area contributed by atoms with Gasteiger partial charge in [0.15, 0.2) is 0 Å². The summed E-state index contributed by atoms with van der Waals surface area (Å²) in [5.74, 6) is -0.841. The lowest BCUT2D eigenvalue weighted by Crippen LogP contribution is -2.40. The molecule has 0 aliphatic rings. The average Bonchev–Trinajstić information content (AvgIpc) is 2.33. The van der Waals surface area contributed by atoms with Gasteiger partial charge in [-0.15, -0.1) is 0 Å². The van der Waals surface area contributed by atoms with E-state index >= 15 is 0 Å². The van der Waals surface area contributed by atoms with Crippen LogP contribution < -0.4 is 10.8 Å². The maximum Gasteiger partial charge on any atom is 0.262 e. The Morgan fingerprint density at radius 3 is 2.47 bits per heavy atom. The third-order valence-electron chi connectivity index (χ3n) is 2.00. The molecule has 0 atom stereocenters. The zero-order valence-electron chi connectivity index (χ0n) is 11.1. The van der Waals surface area contributed by atoms with Crippen LogP contribution in [0.25, 0.3) is 0 Å². The topological polar surface area (TPSA) is 67.4 Å². The summed E-state index contributed by atoms with van der Waals surface area (Å²) in [6, 6.07) is 6.62. The first-order valence-electron chi connectivity index (χ1n) is 5.79. The van der Waals surface area contributed by atoms with Gasteiger partial charge in [0.2, 0.25) is 0 Å². The summed E-state index contributed by atoms with van der Waals surface area (Å²) in [5, 5.41) is 2.80. The first-order chi connectivity index (χ1) is 8.79. The predicted octanol–water partition coefficient (Wildman–Crippen LogP) is 1.92. The van der Waals surface area contributed by atoms with Gasteiger partial charge in [-0.25, -0.2) is 5.48 Å². The van der Waals surface area contributed by atoms with Crippen LogP contribution in [0.1, 0.15) is 31.1 Å². The summed E-state index contributed by atoms with van der Waals surface area (Å²) in [6.45, 7) is 5.22. The Morgan fingerprint density at radius 2 is 1.89 bits per heavy atom. The molecule has 2 amide bonds. The van der Waals surface area contributed by atoms with Crippen molar-refractivity contribution in [2.75, 3.05) is 6.54 Å². The van der Waals surface area contributed by atoms with Crippen LogP contribution in [0.3, 0.4) is 0 Å².